The van der Waals surface area contributed by atoms with E-state index in [1.165, 1.54) is 0 Å². The van der Waals surface area contributed by atoms with Gasteiger partial charge in [-0.05, 0) is 61.5 Å². The number of ether oxygens (including phenoxy) is 1. The van der Waals surface area contributed by atoms with E-state index in [1.807, 2.05) is 56.6 Å². The zero-order chi connectivity index (χ0) is 21.6. The van der Waals surface area contributed by atoms with Gasteiger partial charge in [0.15, 0.2) is 0 Å². The summed E-state index contributed by atoms with van der Waals surface area (Å²) in [5, 5.41) is 21.9. The summed E-state index contributed by atoms with van der Waals surface area (Å²) in [7, 11) is 4.03. The molecule has 3 aromatic rings. The van der Waals surface area contributed by atoms with Crippen LogP contribution in [0.1, 0.15) is 36.0 Å². The minimum atomic E-state index is -1.24. The van der Waals surface area contributed by atoms with Crippen LogP contribution in [0.2, 0.25) is 0 Å². The van der Waals surface area contributed by atoms with Crippen molar-refractivity contribution in [3.8, 4) is 11.5 Å². The predicted molar refractivity (Wildman–Crippen MR) is 121 cm³/mol. The molecule has 4 nitrogen and oxygen atoms in total. The van der Waals surface area contributed by atoms with E-state index in [-0.39, 0.29) is 11.7 Å². The van der Waals surface area contributed by atoms with Crippen LogP contribution in [0, 0.1) is 0 Å². The summed E-state index contributed by atoms with van der Waals surface area (Å²) >= 11 is 0. The van der Waals surface area contributed by atoms with Crippen molar-refractivity contribution in [2.24, 2.45) is 0 Å². The lowest BCUT2D eigenvalue weighted by Gasteiger charge is -2.37. The molecule has 0 aromatic heterocycles. The van der Waals surface area contributed by atoms with Gasteiger partial charge in [0, 0.05) is 12.5 Å². The molecule has 2 unspecified atom stereocenters. The minimum absolute atomic E-state index is 0.149. The first-order valence-electron chi connectivity index (χ1n) is 10.4. The van der Waals surface area contributed by atoms with E-state index in [4.69, 9.17) is 4.74 Å². The first-order chi connectivity index (χ1) is 14.4. The first kappa shape index (κ1) is 21.9. The highest BCUT2D eigenvalue weighted by Crippen LogP contribution is 2.45. The van der Waals surface area contributed by atoms with E-state index in [2.05, 4.69) is 24.0 Å². The Morgan fingerprint density at radius 2 is 1.43 bits per heavy atom. The van der Waals surface area contributed by atoms with Gasteiger partial charge >= 0.3 is 0 Å². The summed E-state index contributed by atoms with van der Waals surface area (Å²) in [6.07, 6.45) is 0.752. The number of likely N-dealkylation sites (N-methyl/N-ethyl adjacent to an activating group) is 1. The van der Waals surface area contributed by atoms with E-state index < -0.39 is 5.60 Å². The molecule has 0 amide bonds. The van der Waals surface area contributed by atoms with Crippen molar-refractivity contribution < 1.29 is 14.9 Å². The second-order valence-corrected chi connectivity index (χ2v) is 7.86. The Bertz CT molecular complexity index is 907. The Balaban J connectivity index is 2.00. The lowest BCUT2D eigenvalue weighted by molar-refractivity contribution is 0.0476. The molecule has 0 fully saturated rings. The van der Waals surface area contributed by atoms with E-state index >= 15 is 0 Å². The molecule has 3 rings (SSSR count). The Labute approximate surface area is 179 Å². The topological polar surface area (TPSA) is 52.9 Å². The Morgan fingerprint density at radius 1 is 0.867 bits per heavy atom. The predicted octanol–water partition coefficient (Wildman–Crippen LogP) is 4.76. The maximum Gasteiger partial charge on any atom is 0.121 e. The lowest BCUT2D eigenvalue weighted by Crippen LogP contribution is -2.34. The molecule has 0 aliphatic carbocycles. The second kappa shape index (κ2) is 9.79. The van der Waals surface area contributed by atoms with Gasteiger partial charge < -0.3 is 19.8 Å². The molecule has 0 spiro atoms. The molecule has 3 aromatic carbocycles. The van der Waals surface area contributed by atoms with Gasteiger partial charge in [0.25, 0.3) is 0 Å². The fourth-order valence-corrected chi connectivity index (χ4v) is 3.89. The highest BCUT2D eigenvalue weighted by Gasteiger charge is 2.40. The summed E-state index contributed by atoms with van der Waals surface area (Å²) in [5.41, 5.74) is 1.37. The monoisotopic (exact) mass is 405 g/mol. The molecule has 0 saturated heterocycles. The van der Waals surface area contributed by atoms with Gasteiger partial charge in [-0.3, -0.25) is 0 Å². The van der Waals surface area contributed by atoms with Crippen LogP contribution >= 0.6 is 0 Å². The molecule has 158 valence electrons. The maximum absolute atomic E-state index is 12.2. The van der Waals surface area contributed by atoms with Crippen LogP contribution in [0.3, 0.4) is 0 Å². The fraction of sp³-hybridized carbons (Fsp3) is 0.308. The molecule has 0 saturated carbocycles. The van der Waals surface area contributed by atoms with Crippen molar-refractivity contribution in [3.63, 3.8) is 0 Å². The molecular weight excluding hydrogens is 374 g/mol. The van der Waals surface area contributed by atoms with Crippen LogP contribution in [0.4, 0.5) is 0 Å². The number of aliphatic hydroxyl groups is 1. The van der Waals surface area contributed by atoms with Gasteiger partial charge in [-0.15, -0.1) is 0 Å². The quantitative estimate of drug-likeness (QED) is 0.539. The molecule has 0 radical (unpaired) electrons. The number of benzene rings is 3. The summed E-state index contributed by atoms with van der Waals surface area (Å²) < 4.78 is 5.82. The fourth-order valence-electron chi connectivity index (χ4n) is 3.89. The van der Waals surface area contributed by atoms with Crippen LogP contribution in [0.5, 0.6) is 11.5 Å². The SMILES string of the molecule is CCC(c1ccccc1)C(O)(c1ccc(O)cc1)c1ccc(OCCN(C)C)cc1. The van der Waals surface area contributed by atoms with Gasteiger partial charge in [0.2, 0.25) is 0 Å². The van der Waals surface area contributed by atoms with Crippen molar-refractivity contribution in [2.75, 3.05) is 27.2 Å². The highest BCUT2D eigenvalue weighted by molar-refractivity contribution is 5.44. The Kier molecular flexibility index (Phi) is 7.14. The minimum Gasteiger partial charge on any atom is -0.508 e. The summed E-state index contributed by atoms with van der Waals surface area (Å²) in [4.78, 5) is 2.07. The molecule has 0 heterocycles. The number of hydrogen-bond acceptors (Lipinski definition) is 4. The van der Waals surface area contributed by atoms with Crippen molar-refractivity contribution in [1.82, 2.24) is 4.90 Å². The van der Waals surface area contributed by atoms with Crippen LogP contribution in [0.15, 0.2) is 78.9 Å². The van der Waals surface area contributed by atoms with Gasteiger partial charge in [-0.25, -0.2) is 0 Å². The molecule has 30 heavy (non-hydrogen) atoms. The number of phenolic OH excluding ortho intramolecular Hbond substituents is 1. The average molecular weight is 406 g/mol. The van der Waals surface area contributed by atoms with Crippen molar-refractivity contribution in [2.45, 2.75) is 24.9 Å². The van der Waals surface area contributed by atoms with Crippen LogP contribution in [0.25, 0.3) is 0 Å². The van der Waals surface area contributed by atoms with Crippen molar-refractivity contribution in [1.29, 1.82) is 0 Å². The zero-order valence-corrected chi connectivity index (χ0v) is 18.0. The number of nitrogens with zero attached hydrogens (tertiary/aromatic N) is 1. The van der Waals surface area contributed by atoms with Gasteiger partial charge in [0.1, 0.15) is 23.7 Å². The van der Waals surface area contributed by atoms with Gasteiger partial charge in [0.05, 0.1) is 0 Å². The van der Waals surface area contributed by atoms with Gasteiger partial charge in [-0.2, -0.15) is 0 Å². The third kappa shape index (κ3) is 4.84. The largest absolute Gasteiger partial charge is 0.508 e. The number of phenols is 1. The van der Waals surface area contributed by atoms with Crippen molar-refractivity contribution >= 4 is 0 Å². The average Bonchev–Trinajstić information content (AvgIpc) is 2.75. The van der Waals surface area contributed by atoms with E-state index in [9.17, 15) is 10.2 Å². The summed E-state index contributed by atoms with van der Waals surface area (Å²) in [6.45, 7) is 3.53. The molecule has 2 atom stereocenters. The number of hydrogen-bond donors (Lipinski definition) is 2. The Hall–Kier alpha value is -2.82. The first-order valence-corrected chi connectivity index (χ1v) is 10.4. The van der Waals surface area contributed by atoms with E-state index in [0.29, 0.717) is 6.61 Å². The normalized spacial score (nSPS) is 14.3. The maximum atomic E-state index is 12.2. The standard InChI is InChI=1S/C26H31NO3/c1-4-25(20-8-6-5-7-9-20)26(29,21-10-14-23(28)15-11-21)22-12-16-24(17-13-22)30-19-18-27(2)3/h5-17,25,28-29H,4,18-19H2,1-3H3. The third-order valence-corrected chi connectivity index (χ3v) is 5.52. The van der Waals surface area contributed by atoms with Gasteiger partial charge in [-0.1, -0.05) is 61.5 Å². The molecule has 4 heteroatoms. The molecule has 2 N–H and O–H groups in total. The lowest BCUT2D eigenvalue weighted by atomic mass is 9.72. The third-order valence-electron chi connectivity index (χ3n) is 5.52. The molecule has 0 aliphatic heterocycles. The number of aromatic hydroxyl groups is 1. The highest BCUT2D eigenvalue weighted by atomic mass is 16.5. The van der Waals surface area contributed by atoms with Crippen LogP contribution in [-0.2, 0) is 5.60 Å². The second-order valence-electron chi connectivity index (χ2n) is 7.86. The molecular formula is C26H31NO3. The van der Waals surface area contributed by atoms with Crippen LogP contribution < -0.4 is 4.74 Å². The van der Waals surface area contributed by atoms with Crippen molar-refractivity contribution in [3.05, 3.63) is 95.6 Å². The summed E-state index contributed by atoms with van der Waals surface area (Å²) in [5.74, 6) is 0.809. The van der Waals surface area contributed by atoms with E-state index in [0.717, 1.165) is 35.4 Å². The number of rotatable bonds is 9. The van der Waals surface area contributed by atoms with E-state index in [1.54, 1.807) is 24.3 Å². The molecule has 0 aliphatic rings. The zero-order valence-electron chi connectivity index (χ0n) is 18.0. The van der Waals surface area contributed by atoms with Crippen LogP contribution in [-0.4, -0.2) is 42.4 Å². The Morgan fingerprint density at radius 3 is 1.97 bits per heavy atom. The smallest absolute Gasteiger partial charge is 0.121 e. The molecule has 0 bridgehead atoms. The summed E-state index contributed by atoms with van der Waals surface area (Å²) in [6, 6.07) is 24.6.